The average molecular weight is 189 g/mol. The van der Waals surface area contributed by atoms with Crippen molar-refractivity contribution in [3.8, 4) is 5.75 Å². The number of alkyl halides is 2. The molecule has 0 radical (unpaired) electrons. The van der Waals surface area contributed by atoms with Crippen LogP contribution >= 0.6 is 0 Å². The van der Waals surface area contributed by atoms with Crippen LogP contribution in [0.1, 0.15) is 5.69 Å². The highest BCUT2D eigenvalue weighted by Gasteiger charge is 2.03. The van der Waals surface area contributed by atoms with Gasteiger partial charge in [-0.25, -0.2) is 8.78 Å². The number of aliphatic hydroxyl groups excluding tert-OH is 1. The standard InChI is InChI=1S/C8H9F2NO2/c9-8(10)5-13-7-2-1-6(4-12)11-3-7/h1-3,8,12H,4-5H2. The average Bonchev–Trinajstić information content (AvgIpc) is 2.15. The van der Waals surface area contributed by atoms with E-state index < -0.39 is 13.0 Å². The van der Waals surface area contributed by atoms with E-state index in [4.69, 9.17) is 5.11 Å². The van der Waals surface area contributed by atoms with Gasteiger partial charge in [-0.1, -0.05) is 0 Å². The van der Waals surface area contributed by atoms with Gasteiger partial charge < -0.3 is 9.84 Å². The SMILES string of the molecule is OCc1ccc(OCC(F)F)cn1. The molecule has 0 aromatic carbocycles. The van der Waals surface area contributed by atoms with Gasteiger partial charge in [0.2, 0.25) is 0 Å². The highest BCUT2D eigenvalue weighted by molar-refractivity contribution is 5.19. The van der Waals surface area contributed by atoms with Crippen molar-refractivity contribution in [2.24, 2.45) is 0 Å². The summed E-state index contributed by atoms with van der Waals surface area (Å²) in [6.07, 6.45) is -1.19. The molecule has 0 unspecified atom stereocenters. The van der Waals surface area contributed by atoms with E-state index in [2.05, 4.69) is 9.72 Å². The first-order valence-electron chi connectivity index (χ1n) is 3.69. The fraction of sp³-hybridized carbons (Fsp3) is 0.375. The number of hydrogen-bond donors (Lipinski definition) is 1. The third kappa shape index (κ3) is 3.33. The largest absolute Gasteiger partial charge is 0.486 e. The number of hydrogen-bond acceptors (Lipinski definition) is 3. The monoisotopic (exact) mass is 189 g/mol. The van der Waals surface area contributed by atoms with Crippen LogP contribution in [0.5, 0.6) is 5.75 Å². The van der Waals surface area contributed by atoms with Gasteiger partial charge in [0.1, 0.15) is 12.4 Å². The van der Waals surface area contributed by atoms with E-state index in [0.29, 0.717) is 5.69 Å². The molecule has 72 valence electrons. The van der Waals surface area contributed by atoms with Gasteiger partial charge in [-0.3, -0.25) is 4.98 Å². The molecule has 1 rings (SSSR count). The Hall–Kier alpha value is -1.23. The van der Waals surface area contributed by atoms with Gasteiger partial charge in [-0.15, -0.1) is 0 Å². The summed E-state index contributed by atoms with van der Waals surface area (Å²) in [4.78, 5) is 3.76. The van der Waals surface area contributed by atoms with Gasteiger partial charge in [0.05, 0.1) is 18.5 Å². The van der Waals surface area contributed by atoms with Crippen molar-refractivity contribution in [2.75, 3.05) is 6.61 Å². The number of nitrogens with zero attached hydrogens (tertiary/aromatic N) is 1. The molecule has 0 atom stereocenters. The second-order valence-electron chi connectivity index (χ2n) is 2.35. The molecular weight excluding hydrogens is 180 g/mol. The molecule has 3 nitrogen and oxygen atoms in total. The maximum Gasteiger partial charge on any atom is 0.272 e. The molecule has 0 aliphatic heterocycles. The Bertz CT molecular complexity index is 251. The molecule has 0 spiro atoms. The highest BCUT2D eigenvalue weighted by atomic mass is 19.3. The van der Waals surface area contributed by atoms with E-state index in [1.165, 1.54) is 18.3 Å². The summed E-state index contributed by atoms with van der Waals surface area (Å²) in [5, 5.41) is 8.62. The molecule has 0 saturated carbocycles. The van der Waals surface area contributed by atoms with Crippen molar-refractivity contribution in [3.05, 3.63) is 24.0 Å². The lowest BCUT2D eigenvalue weighted by atomic mass is 10.3. The molecule has 13 heavy (non-hydrogen) atoms. The Labute approximate surface area is 74.0 Å². The Kier molecular flexibility index (Phi) is 3.57. The van der Waals surface area contributed by atoms with Crippen molar-refractivity contribution >= 4 is 0 Å². The molecule has 0 saturated heterocycles. The van der Waals surface area contributed by atoms with Gasteiger partial charge >= 0.3 is 0 Å². The first kappa shape index (κ1) is 9.85. The van der Waals surface area contributed by atoms with Crippen LogP contribution in [0, 0.1) is 0 Å². The molecule has 0 fully saturated rings. The normalized spacial score (nSPS) is 10.5. The summed E-state index contributed by atoms with van der Waals surface area (Å²) in [6.45, 7) is -0.810. The highest BCUT2D eigenvalue weighted by Crippen LogP contribution is 2.09. The predicted octanol–water partition coefficient (Wildman–Crippen LogP) is 1.22. The molecule has 0 bridgehead atoms. The Morgan fingerprint density at radius 1 is 1.46 bits per heavy atom. The van der Waals surface area contributed by atoms with E-state index >= 15 is 0 Å². The zero-order chi connectivity index (χ0) is 9.68. The summed E-state index contributed by atoms with van der Waals surface area (Å²) in [6, 6.07) is 3.00. The summed E-state index contributed by atoms with van der Waals surface area (Å²) in [7, 11) is 0. The molecule has 5 heteroatoms. The third-order valence-electron chi connectivity index (χ3n) is 1.34. The summed E-state index contributed by atoms with van der Waals surface area (Å²) < 4.78 is 28.0. The van der Waals surface area contributed by atoms with Crippen LogP contribution in [0.25, 0.3) is 0 Å². The number of pyridine rings is 1. The van der Waals surface area contributed by atoms with Crippen molar-refractivity contribution < 1.29 is 18.6 Å². The minimum atomic E-state index is -2.49. The van der Waals surface area contributed by atoms with E-state index in [0.717, 1.165) is 0 Å². The minimum absolute atomic E-state index is 0.172. The van der Waals surface area contributed by atoms with Crippen molar-refractivity contribution in [3.63, 3.8) is 0 Å². The molecular formula is C8H9F2NO2. The number of aliphatic hydroxyl groups is 1. The van der Waals surface area contributed by atoms with Crippen LogP contribution in [0.15, 0.2) is 18.3 Å². The Morgan fingerprint density at radius 3 is 2.69 bits per heavy atom. The van der Waals surface area contributed by atoms with Gasteiger partial charge in [-0.05, 0) is 12.1 Å². The number of aromatic nitrogens is 1. The lowest BCUT2D eigenvalue weighted by molar-refractivity contribution is 0.0817. The predicted molar refractivity (Wildman–Crippen MR) is 41.7 cm³/mol. The summed E-state index contributed by atoms with van der Waals surface area (Å²) >= 11 is 0. The molecule has 1 aromatic rings. The molecule has 0 aliphatic carbocycles. The fourth-order valence-electron chi connectivity index (χ4n) is 0.749. The third-order valence-corrected chi connectivity index (χ3v) is 1.34. The van der Waals surface area contributed by atoms with Crippen LogP contribution in [0.3, 0.4) is 0 Å². The van der Waals surface area contributed by atoms with Crippen LogP contribution in [0.2, 0.25) is 0 Å². The molecule has 0 aliphatic rings. The topological polar surface area (TPSA) is 42.4 Å². The van der Waals surface area contributed by atoms with Gasteiger partial charge in [-0.2, -0.15) is 0 Å². The minimum Gasteiger partial charge on any atom is -0.486 e. The number of ether oxygens (including phenoxy) is 1. The second kappa shape index (κ2) is 4.71. The Morgan fingerprint density at radius 2 is 2.23 bits per heavy atom. The van der Waals surface area contributed by atoms with E-state index in [9.17, 15) is 8.78 Å². The van der Waals surface area contributed by atoms with Crippen molar-refractivity contribution in [1.29, 1.82) is 0 Å². The zero-order valence-electron chi connectivity index (χ0n) is 6.78. The molecule has 0 amide bonds. The van der Waals surface area contributed by atoms with Crippen molar-refractivity contribution in [2.45, 2.75) is 13.0 Å². The van der Waals surface area contributed by atoms with Crippen LogP contribution in [0.4, 0.5) is 8.78 Å². The van der Waals surface area contributed by atoms with Gasteiger partial charge in [0, 0.05) is 0 Å². The fourth-order valence-corrected chi connectivity index (χ4v) is 0.749. The first-order valence-corrected chi connectivity index (χ1v) is 3.69. The van der Waals surface area contributed by atoms with Crippen LogP contribution in [-0.4, -0.2) is 23.1 Å². The first-order chi connectivity index (χ1) is 6.22. The Balaban J connectivity index is 2.49. The number of rotatable bonds is 4. The van der Waals surface area contributed by atoms with Crippen LogP contribution in [-0.2, 0) is 6.61 Å². The maximum atomic E-state index is 11.7. The van der Waals surface area contributed by atoms with Crippen molar-refractivity contribution in [1.82, 2.24) is 4.98 Å². The maximum absolute atomic E-state index is 11.7. The second-order valence-corrected chi connectivity index (χ2v) is 2.35. The van der Waals surface area contributed by atoms with E-state index in [1.54, 1.807) is 0 Å². The lowest BCUT2D eigenvalue weighted by Gasteiger charge is -2.04. The molecule has 1 heterocycles. The smallest absolute Gasteiger partial charge is 0.272 e. The lowest BCUT2D eigenvalue weighted by Crippen LogP contribution is -2.07. The van der Waals surface area contributed by atoms with Crippen LogP contribution < -0.4 is 4.74 Å². The van der Waals surface area contributed by atoms with E-state index in [1.807, 2.05) is 0 Å². The zero-order valence-corrected chi connectivity index (χ0v) is 6.78. The molecule has 1 N–H and O–H groups in total. The quantitative estimate of drug-likeness (QED) is 0.774. The molecule has 1 aromatic heterocycles. The van der Waals surface area contributed by atoms with Gasteiger partial charge in [0.25, 0.3) is 6.43 Å². The van der Waals surface area contributed by atoms with E-state index in [-0.39, 0.29) is 12.4 Å². The van der Waals surface area contributed by atoms with Gasteiger partial charge in [0.15, 0.2) is 0 Å². The summed E-state index contributed by atoms with van der Waals surface area (Å²) in [5.74, 6) is 0.275. The summed E-state index contributed by atoms with van der Waals surface area (Å²) in [5.41, 5.74) is 0.476. The number of halogens is 2.